The Morgan fingerprint density at radius 2 is 2.43 bits per heavy atom. The Balaban J connectivity index is 2.40. The molecule has 0 amide bonds. The molecule has 0 aromatic heterocycles. The summed E-state index contributed by atoms with van der Waals surface area (Å²) in [5.74, 6) is 0. The van der Waals surface area contributed by atoms with Gasteiger partial charge in [-0.05, 0) is 26.3 Å². The van der Waals surface area contributed by atoms with Crippen LogP contribution in [0.25, 0.3) is 0 Å². The van der Waals surface area contributed by atoms with E-state index in [1.54, 1.807) is 0 Å². The monoisotopic (exact) mass is 117 g/mol. The molecule has 2 atom stereocenters. The average Bonchev–Trinajstić information content (AvgIpc) is 1.84. The van der Waals surface area contributed by atoms with Gasteiger partial charge in [0.1, 0.15) is 0 Å². The van der Waals surface area contributed by atoms with Crippen molar-refractivity contribution >= 4 is 9.24 Å². The largest absolute Gasteiger partial charge is 0.308 e. The second kappa shape index (κ2) is 1.72. The Kier molecular flexibility index (Phi) is 1.36. The second-order valence-corrected chi connectivity index (χ2v) is 3.72. The SMILES string of the molecule is CC1(P)CCCN1. The normalized spacial score (nSPS) is 42.0. The molecule has 1 nitrogen and oxygen atoms in total. The van der Waals surface area contributed by atoms with Crippen molar-refractivity contribution in [3.05, 3.63) is 0 Å². The highest BCUT2D eigenvalue weighted by atomic mass is 31.0. The van der Waals surface area contributed by atoms with Gasteiger partial charge in [-0.1, -0.05) is 0 Å². The zero-order valence-electron chi connectivity index (χ0n) is 4.70. The van der Waals surface area contributed by atoms with Crippen LogP contribution in [0.15, 0.2) is 0 Å². The zero-order valence-corrected chi connectivity index (χ0v) is 5.85. The molecule has 0 saturated carbocycles. The number of hydrogen-bond donors (Lipinski definition) is 1. The fourth-order valence-corrected chi connectivity index (χ4v) is 1.27. The van der Waals surface area contributed by atoms with Crippen molar-refractivity contribution in [3.8, 4) is 0 Å². The Morgan fingerprint density at radius 1 is 1.71 bits per heavy atom. The fraction of sp³-hybridized carbons (Fsp3) is 1.00. The van der Waals surface area contributed by atoms with Crippen LogP contribution < -0.4 is 5.32 Å². The van der Waals surface area contributed by atoms with Gasteiger partial charge in [-0.2, -0.15) is 0 Å². The topological polar surface area (TPSA) is 12.0 Å². The first-order valence-electron chi connectivity index (χ1n) is 2.75. The highest BCUT2D eigenvalue weighted by Gasteiger charge is 2.20. The second-order valence-electron chi connectivity index (χ2n) is 2.45. The summed E-state index contributed by atoms with van der Waals surface area (Å²) in [6, 6.07) is 0. The molecule has 0 radical (unpaired) electrons. The molecule has 1 fully saturated rings. The molecule has 2 unspecified atom stereocenters. The highest BCUT2D eigenvalue weighted by Crippen LogP contribution is 2.24. The standard InChI is InChI=1S/C5H12NP/c1-5(7)3-2-4-6-5/h6H,2-4,7H2,1H3. The Hall–Kier alpha value is 0.390. The molecule has 1 aliphatic rings. The van der Waals surface area contributed by atoms with Gasteiger partial charge in [0.15, 0.2) is 0 Å². The smallest absolute Gasteiger partial charge is 0.0295 e. The minimum atomic E-state index is 0.361. The maximum Gasteiger partial charge on any atom is 0.0295 e. The molecule has 0 spiro atoms. The van der Waals surface area contributed by atoms with E-state index in [0.717, 1.165) is 0 Å². The van der Waals surface area contributed by atoms with E-state index in [2.05, 4.69) is 21.5 Å². The predicted molar refractivity (Wildman–Crippen MR) is 35.4 cm³/mol. The van der Waals surface area contributed by atoms with Crippen LogP contribution >= 0.6 is 9.24 Å². The van der Waals surface area contributed by atoms with E-state index in [1.807, 2.05) is 0 Å². The zero-order chi connectivity index (χ0) is 5.33. The van der Waals surface area contributed by atoms with Gasteiger partial charge < -0.3 is 5.32 Å². The van der Waals surface area contributed by atoms with Gasteiger partial charge in [0.2, 0.25) is 0 Å². The lowest BCUT2D eigenvalue weighted by Gasteiger charge is -2.15. The third-order valence-electron chi connectivity index (χ3n) is 1.40. The maximum atomic E-state index is 3.36. The first kappa shape index (κ1) is 5.53. The summed E-state index contributed by atoms with van der Waals surface area (Å²) in [5.41, 5.74) is 0. The Morgan fingerprint density at radius 3 is 2.57 bits per heavy atom. The van der Waals surface area contributed by atoms with Crippen molar-refractivity contribution in [1.29, 1.82) is 0 Å². The highest BCUT2D eigenvalue weighted by molar-refractivity contribution is 7.18. The van der Waals surface area contributed by atoms with Crippen LogP contribution in [0.4, 0.5) is 0 Å². The van der Waals surface area contributed by atoms with E-state index in [-0.39, 0.29) is 0 Å². The molecular weight excluding hydrogens is 105 g/mol. The van der Waals surface area contributed by atoms with Gasteiger partial charge in [0.05, 0.1) is 0 Å². The summed E-state index contributed by atoms with van der Waals surface area (Å²) in [5, 5.41) is 3.72. The van der Waals surface area contributed by atoms with Crippen LogP contribution in [0.5, 0.6) is 0 Å². The summed E-state index contributed by atoms with van der Waals surface area (Å²) >= 11 is 0. The molecule has 1 aliphatic heterocycles. The fourth-order valence-electron chi connectivity index (χ4n) is 0.918. The first-order chi connectivity index (χ1) is 3.21. The molecule has 42 valence electrons. The molecule has 0 aliphatic carbocycles. The van der Waals surface area contributed by atoms with E-state index in [0.29, 0.717) is 5.28 Å². The van der Waals surface area contributed by atoms with E-state index >= 15 is 0 Å². The summed E-state index contributed by atoms with van der Waals surface area (Å²) in [7, 11) is 2.82. The molecule has 1 saturated heterocycles. The molecule has 0 aromatic carbocycles. The van der Waals surface area contributed by atoms with E-state index in [1.165, 1.54) is 19.4 Å². The molecule has 2 heteroatoms. The van der Waals surface area contributed by atoms with Gasteiger partial charge >= 0.3 is 0 Å². The Labute approximate surface area is 47.1 Å². The van der Waals surface area contributed by atoms with Crippen LogP contribution in [-0.2, 0) is 0 Å². The first-order valence-corrected chi connectivity index (χ1v) is 3.32. The third kappa shape index (κ3) is 1.40. The lowest BCUT2D eigenvalue weighted by molar-refractivity contribution is 0.603. The number of rotatable bonds is 0. The van der Waals surface area contributed by atoms with Gasteiger partial charge in [-0.25, -0.2) is 0 Å². The lowest BCUT2D eigenvalue weighted by Crippen LogP contribution is -2.27. The van der Waals surface area contributed by atoms with Crippen molar-refractivity contribution in [3.63, 3.8) is 0 Å². The molecule has 1 N–H and O–H groups in total. The van der Waals surface area contributed by atoms with Crippen LogP contribution in [0, 0.1) is 0 Å². The number of nitrogens with one attached hydrogen (secondary N) is 1. The van der Waals surface area contributed by atoms with Crippen LogP contribution in [0.3, 0.4) is 0 Å². The number of hydrogen-bond acceptors (Lipinski definition) is 1. The summed E-state index contributed by atoms with van der Waals surface area (Å²) in [6.07, 6.45) is 2.64. The minimum Gasteiger partial charge on any atom is -0.308 e. The molecule has 1 rings (SSSR count). The molecule has 0 bridgehead atoms. The Bertz CT molecular complexity index is 62.5. The van der Waals surface area contributed by atoms with Crippen molar-refractivity contribution < 1.29 is 0 Å². The average molecular weight is 117 g/mol. The van der Waals surface area contributed by atoms with Crippen LogP contribution in [-0.4, -0.2) is 11.8 Å². The summed E-state index contributed by atoms with van der Waals surface area (Å²) in [6.45, 7) is 3.41. The molecular formula is C5H12NP. The van der Waals surface area contributed by atoms with Crippen molar-refractivity contribution in [1.82, 2.24) is 5.32 Å². The third-order valence-corrected chi connectivity index (χ3v) is 1.89. The molecule has 1 heterocycles. The summed E-state index contributed by atoms with van der Waals surface area (Å²) < 4.78 is 0. The molecule has 0 aromatic rings. The van der Waals surface area contributed by atoms with Crippen LogP contribution in [0.2, 0.25) is 0 Å². The van der Waals surface area contributed by atoms with Crippen molar-refractivity contribution in [2.24, 2.45) is 0 Å². The molecule has 7 heavy (non-hydrogen) atoms. The quantitative estimate of drug-likeness (QED) is 0.466. The minimum absolute atomic E-state index is 0.361. The lowest BCUT2D eigenvalue weighted by atomic mass is 10.2. The van der Waals surface area contributed by atoms with Gasteiger partial charge in [-0.3, -0.25) is 0 Å². The van der Waals surface area contributed by atoms with Gasteiger partial charge in [-0.15, -0.1) is 9.24 Å². The maximum absolute atomic E-state index is 3.36. The van der Waals surface area contributed by atoms with Crippen LogP contribution in [0.1, 0.15) is 19.8 Å². The van der Waals surface area contributed by atoms with E-state index in [4.69, 9.17) is 0 Å². The van der Waals surface area contributed by atoms with E-state index in [9.17, 15) is 0 Å². The van der Waals surface area contributed by atoms with Crippen molar-refractivity contribution in [2.75, 3.05) is 6.54 Å². The summed E-state index contributed by atoms with van der Waals surface area (Å²) in [4.78, 5) is 0. The van der Waals surface area contributed by atoms with Gasteiger partial charge in [0.25, 0.3) is 0 Å². The predicted octanol–water partition coefficient (Wildman–Crippen LogP) is 0.961. The van der Waals surface area contributed by atoms with Crippen molar-refractivity contribution in [2.45, 2.75) is 25.0 Å². The van der Waals surface area contributed by atoms with E-state index < -0.39 is 0 Å². The van der Waals surface area contributed by atoms with Gasteiger partial charge in [0, 0.05) is 5.28 Å².